The number of Topliss-reactive ketones (excluding diaryl/α,β-unsaturated/α-hetero) is 1. The number of hydrogen-bond acceptors (Lipinski definition) is 4. The Balaban J connectivity index is 1.59. The lowest BCUT2D eigenvalue weighted by Gasteiger charge is -2.30. The highest BCUT2D eigenvalue weighted by Crippen LogP contribution is 2.41. The average molecular weight is 385 g/mol. The van der Waals surface area contributed by atoms with Crippen LogP contribution in [0.25, 0.3) is 0 Å². The van der Waals surface area contributed by atoms with E-state index in [1.165, 1.54) is 28.5 Å². The van der Waals surface area contributed by atoms with Gasteiger partial charge in [-0.15, -0.1) is 11.8 Å². The summed E-state index contributed by atoms with van der Waals surface area (Å²) >= 11 is 1.47. The van der Waals surface area contributed by atoms with Crippen molar-refractivity contribution in [3.63, 3.8) is 0 Å². The van der Waals surface area contributed by atoms with E-state index in [0.29, 0.717) is 6.42 Å². The van der Waals surface area contributed by atoms with Crippen molar-refractivity contribution in [2.45, 2.75) is 55.6 Å². The Bertz CT molecular complexity index is 756. The Hall–Kier alpha value is -1.62. The first-order chi connectivity index (χ1) is 13.1. The lowest BCUT2D eigenvalue weighted by Crippen LogP contribution is -2.38. The fourth-order valence-corrected chi connectivity index (χ4v) is 4.96. The predicted octanol–water partition coefficient (Wildman–Crippen LogP) is 3.89. The molecule has 0 amide bonds. The molecule has 27 heavy (non-hydrogen) atoms. The van der Waals surface area contributed by atoms with Crippen LogP contribution in [0.15, 0.2) is 48.5 Å². The molecule has 1 fully saturated rings. The van der Waals surface area contributed by atoms with Gasteiger partial charge in [-0.25, -0.2) is 0 Å². The molecule has 4 heteroatoms. The first kappa shape index (κ1) is 20.1. The molecule has 0 spiro atoms. The molecule has 1 saturated heterocycles. The first-order valence-corrected chi connectivity index (χ1v) is 10.7. The van der Waals surface area contributed by atoms with Gasteiger partial charge in [-0.2, -0.15) is 0 Å². The van der Waals surface area contributed by atoms with Gasteiger partial charge in [0.15, 0.2) is 5.78 Å². The number of ketones is 1. The fourth-order valence-electron chi connectivity index (χ4n) is 3.59. The van der Waals surface area contributed by atoms with Gasteiger partial charge in [0, 0.05) is 5.25 Å². The summed E-state index contributed by atoms with van der Waals surface area (Å²) in [4.78, 5) is 11.9. The number of hydrogen-bond donors (Lipinski definition) is 2. The third-order valence-corrected chi connectivity index (χ3v) is 6.77. The Morgan fingerprint density at radius 2 is 1.74 bits per heavy atom. The van der Waals surface area contributed by atoms with Gasteiger partial charge in [0.2, 0.25) is 0 Å². The Morgan fingerprint density at radius 1 is 1.04 bits per heavy atom. The van der Waals surface area contributed by atoms with E-state index in [2.05, 4.69) is 55.5 Å². The van der Waals surface area contributed by atoms with Gasteiger partial charge < -0.3 is 10.2 Å². The molecule has 3 atom stereocenters. The van der Waals surface area contributed by atoms with Gasteiger partial charge in [-0.1, -0.05) is 55.5 Å². The quantitative estimate of drug-likeness (QED) is 0.760. The number of aryl methyl sites for hydroxylation is 3. The molecule has 0 radical (unpaired) electrons. The monoisotopic (exact) mass is 384 g/mol. The molecule has 0 bridgehead atoms. The minimum Gasteiger partial charge on any atom is -0.395 e. The van der Waals surface area contributed by atoms with Crippen molar-refractivity contribution in [1.82, 2.24) is 0 Å². The molecule has 1 unspecified atom stereocenters. The summed E-state index contributed by atoms with van der Waals surface area (Å²) in [6.45, 7) is 1.96. The predicted molar refractivity (Wildman–Crippen MR) is 111 cm³/mol. The second kappa shape index (κ2) is 9.54. The molecule has 3 nitrogen and oxygen atoms in total. The average Bonchev–Trinajstić information content (AvgIpc) is 2.70. The standard InChI is InChI=1S/C23H28O3S/c1-2-16-9-11-17(12-10-16)5-3-6-18-7-4-8-19(13-18)21-14-20(25)23(26)22(15-24)27-21/h4,7-13,20-22,24-25H,2-3,5-6,14-15H2,1H3/t20?,21-,22-/m1/s1. The van der Waals surface area contributed by atoms with E-state index in [9.17, 15) is 15.0 Å². The van der Waals surface area contributed by atoms with Crippen molar-refractivity contribution in [3.8, 4) is 0 Å². The largest absolute Gasteiger partial charge is 0.395 e. The second-order valence-electron chi connectivity index (χ2n) is 7.22. The molecule has 0 saturated carbocycles. The Labute approximate surface area is 165 Å². The third-order valence-electron chi connectivity index (χ3n) is 5.26. The van der Waals surface area contributed by atoms with Crippen molar-refractivity contribution in [3.05, 3.63) is 70.8 Å². The SMILES string of the molecule is CCc1ccc(CCCc2cccc([C@H]3CC(O)C(=O)[C@@H](CO)S3)c2)cc1. The smallest absolute Gasteiger partial charge is 0.176 e. The molecular weight excluding hydrogens is 356 g/mol. The zero-order chi connectivity index (χ0) is 19.2. The van der Waals surface area contributed by atoms with Crippen LogP contribution in [0.5, 0.6) is 0 Å². The molecule has 2 aromatic rings. The van der Waals surface area contributed by atoms with Gasteiger partial charge in [-0.05, 0) is 54.4 Å². The van der Waals surface area contributed by atoms with E-state index in [1.807, 2.05) is 0 Å². The van der Waals surface area contributed by atoms with E-state index in [1.54, 1.807) is 0 Å². The number of carbonyl (C=O) groups is 1. The third kappa shape index (κ3) is 5.22. The summed E-state index contributed by atoms with van der Waals surface area (Å²) in [5.74, 6) is -0.246. The van der Waals surface area contributed by atoms with Crippen LogP contribution in [0.2, 0.25) is 0 Å². The summed E-state index contributed by atoms with van der Waals surface area (Å²) in [5, 5.41) is 18.9. The van der Waals surface area contributed by atoms with Crippen molar-refractivity contribution in [2.24, 2.45) is 0 Å². The topological polar surface area (TPSA) is 57.5 Å². The summed E-state index contributed by atoms with van der Waals surface area (Å²) in [6.07, 6.45) is 3.69. The van der Waals surface area contributed by atoms with E-state index < -0.39 is 11.4 Å². The van der Waals surface area contributed by atoms with Crippen molar-refractivity contribution < 1.29 is 15.0 Å². The van der Waals surface area contributed by atoms with Gasteiger partial charge >= 0.3 is 0 Å². The minimum atomic E-state index is -0.969. The van der Waals surface area contributed by atoms with Crippen molar-refractivity contribution in [2.75, 3.05) is 6.61 Å². The van der Waals surface area contributed by atoms with Crippen molar-refractivity contribution in [1.29, 1.82) is 0 Å². The van der Waals surface area contributed by atoms with Crippen LogP contribution in [-0.2, 0) is 24.1 Å². The minimum absolute atomic E-state index is 0.0522. The zero-order valence-electron chi connectivity index (χ0n) is 15.8. The number of carbonyl (C=O) groups excluding carboxylic acids is 1. The number of thioether (sulfide) groups is 1. The van der Waals surface area contributed by atoms with E-state index >= 15 is 0 Å². The summed E-state index contributed by atoms with van der Waals surface area (Å²) < 4.78 is 0. The molecule has 1 heterocycles. The molecule has 1 aliphatic rings. The number of benzene rings is 2. The number of rotatable bonds is 7. The van der Waals surface area contributed by atoms with Crippen LogP contribution < -0.4 is 0 Å². The highest BCUT2D eigenvalue weighted by Gasteiger charge is 2.36. The van der Waals surface area contributed by atoms with E-state index in [4.69, 9.17) is 0 Å². The molecule has 2 N–H and O–H groups in total. The molecule has 0 aromatic heterocycles. The maximum atomic E-state index is 11.9. The molecule has 0 aliphatic carbocycles. The second-order valence-corrected chi connectivity index (χ2v) is 8.63. The van der Waals surface area contributed by atoms with Crippen LogP contribution in [0.1, 0.15) is 47.3 Å². The maximum Gasteiger partial charge on any atom is 0.176 e. The molecule has 1 aliphatic heterocycles. The van der Waals surface area contributed by atoms with Gasteiger partial charge in [0.1, 0.15) is 6.10 Å². The maximum absolute atomic E-state index is 11.9. The normalized spacial score (nSPS) is 22.8. The highest BCUT2D eigenvalue weighted by atomic mass is 32.2. The number of aliphatic hydroxyl groups is 2. The van der Waals surface area contributed by atoms with Crippen molar-refractivity contribution >= 4 is 17.5 Å². The molecule has 144 valence electrons. The number of aliphatic hydroxyl groups excluding tert-OH is 2. The van der Waals surface area contributed by atoms with Crippen LogP contribution in [0, 0.1) is 0 Å². The lowest BCUT2D eigenvalue weighted by atomic mass is 9.97. The van der Waals surface area contributed by atoms with Crippen LogP contribution in [0.4, 0.5) is 0 Å². The summed E-state index contributed by atoms with van der Waals surface area (Å²) in [6, 6.07) is 17.3. The lowest BCUT2D eigenvalue weighted by molar-refractivity contribution is -0.128. The van der Waals surface area contributed by atoms with Crippen LogP contribution in [-0.4, -0.2) is 34.0 Å². The van der Waals surface area contributed by atoms with E-state index in [-0.39, 0.29) is 17.6 Å². The zero-order valence-corrected chi connectivity index (χ0v) is 16.6. The molecule has 2 aromatic carbocycles. The summed E-state index contributed by atoms with van der Waals surface area (Å²) in [5.41, 5.74) is 5.16. The van der Waals surface area contributed by atoms with E-state index in [0.717, 1.165) is 31.2 Å². The molecule has 3 rings (SSSR count). The fraction of sp³-hybridized carbons (Fsp3) is 0.435. The van der Waals surface area contributed by atoms with Crippen LogP contribution in [0.3, 0.4) is 0 Å². The molecular formula is C23H28O3S. The Kier molecular flexibility index (Phi) is 7.11. The van der Waals surface area contributed by atoms with Gasteiger partial charge in [-0.3, -0.25) is 4.79 Å². The van der Waals surface area contributed by atoms with Crippen LogP contribution >= 0.6 is 11.8 Å². The van der Waals surface area contributed by atoms with Gasteiger partial charge in [0.05, 0.1) is 11.9 Å². The van der Waals surface area contributed by atoms with Gasteiger partial charge in [0.25, 0.3) is 0 Å². The highest BCUT2D eigenvalue weighted by molar-refractivity contribution is 8.01. The summed E-state index contributed by atoms with van der Waals surface area (Å²) in [7, 11) is 0. The Morgan fingerprint density at radius 3 is 2.44 bits per heavy atom. The first-order valence-electron chi connectivity index (χ1n) is 9.75.